The van der Waals surface area contributed by atoms with Crippen LogP contribution in [0.15, 0.2) is 18.2 Å². The maximum atomic E-state index is 10.6. The highest BCUT2D eigenvalue weighted by Gasteiger charge is 2.09. The predicted octanol–water partition coefficient (Wildman–Crippen LogP) is 6.02. The third kappa shape index (κ3) is 12.2. The molecule has 0 aromatic heterocycles. The van der Waals surface area contributed by atoms with Gasteiger partial charge in [-0.1, -0.05) is 50.7 Å². The van der Waals surface area contributed by atoms with Gasteiger partial charge in [-0.05, 0) is 62.6 Å². The molecule has 1 aromatic rings. The zero-order valence-corrected chi connectivity index (χ0v) is 18.0. The molecule has 1 aromatic carbocycles. The van der Waals surface area contributed by atoms with Crippen LogP contribution < -0.4 is 4.74 Å². The molecule has 0 aliphatic rings. The average molecular weight is 407 g/mol. The van der Waals surface area contributed by atoms with Crippen LogP contribution in [-0.2, 0) is 22.4 Å². The van der Waals surface area contributed by atoms with E-state index < -0.39 is 11.9 Å². The Morgan fingerprint density at radius 2 is 1.28 bits per heavy atom. The largest absolute Gasteiger partial charge is 0.494 e. The molecular weight excluding hydrogens is 368 g/mol. The maximum absolute atomic E-state index is 10.6. The van der Waals surface area contributed by atoms with Crippen LogP contribution in [0.2, 0.25) is 0 Å². The Kier molecular flexibility index (Phi) is 13.6. The van der Waals surface area contributed by atoms with E-state index in [9.17, 15) is 9.59 Å². The second kappa shape index (κ2) is 15.8. The molecule has 0 saturated heterocycles. The zero-order valence-electron chi connectivity index (χ0n) is 18.0. The van der Waals surface area contributed by atoms with Crippen LogP contribution in [0.5, 0.6) is 5.75 Å². The summed E-state index contributed by atoms with van der Waals surface area (Å²) in [6.45, 7) is 2.67. The highest BCUT2D eigenvalue weighted by molar-refractivity contribution is 5.66. The van der Waals surface area contributed by atoms with Crippen molar-refractivity contribution in [1.29, 1.82) is 0 Å². The van der Waals surface area contributed by atoms with Crippen molar-refractivity contribution in [3.05, 3.63) is 29.3 Å². The quantitative estimate of drug-likeness (QED) is 0.291. The fourth-order valence-corrected chi connectivity index (χ4v) is 3.65. The van der Waals surface area contributed by atoms with Crippen LogP contribution >= 0.6 is 0 Å². The topological polar surface area (TPSA) is 83.8 Å². The summed E-state index contributed by atoms with van der Waals surface area (Å²) >= 11 is 0. The number of aliphatic carboxylic acids is 2. The van der Waals surface area contributed by atoms with Crippen LogP contribution in [0, 0.1) is 0 Å². The van der Waals surface area contributed by atoms with Crippen LogP contribution in [0.25, 0.3) is 0 Å². The van der Waals surface area contributed by atoms with E-state index in [-0.39, 0.29) is 12.8 Å². The van der Waals surface area contributed by atoms with Gasteiger partial charge in [0.25, 0.3) is 0 Å². The van der Waals surface area contributed by atoms with Crippen LogP contribution in [0.1, 0.15) is 95.1 Å². The fraction of sp³-hybridized carbons (Fsp3) is 0.667. The van der Waals surface area contributed by atoms with Gasteiger partial charge in [0.2, 0.25) is 0 Å². The zero-order chi connectivity index (χ0) is 21.3. The third-order valence-corrected chi connectivity index (χ3v) is 5.18. The lowest BCUT2D eigenvalue weighted by molar-refractivity contribution is -0.138. The van der Waals surface area contributed by atoms with Gasteiger partial charge in [-0.25, -0.2) is 0 Å². The summed E-state index contributed by atoms with van der Waals surface area (Å²) in [4.78, 5) is 21.1. The molecule has 0 spiro atoms. The molecule has 0 bridgehead atoms. The van der Waals surface area contributed by atoms with Gasteiger partial charge < -0.3 is 14.9 Å². The smallest absolute Gasteiger partial charge is 0.303 e. The van der Waals surface area contributed by atoms with Crippen LogP contribution in [-0.4, -0.2) is 28.8 Å². The Hall–Kier alpha value is -2.04. The van der Waals surface area contributed by atoms with E-state index in [1.165, 1.54) is 11.1 Å². The summed E-state index contributed by atoms with van der Waals surface area (Å²) in [6, 6.07) is 6.33. The number of unbranched alkanes of at least 4 members (excludes halogenated alkanes) is 8. The van der Waals surface area contributed by atoms with Gasteiger partial charge in [-0.3, -0.25) is 9.59 Å². The average Bonchev–Trinajstić information content (AvgIpc) is 2.67. The Morgan fingerprint density at radius 1 is 0.759 bits per heavy atom. The molecule has 0 aliphatic carbocycles. The van der Waals surface area contributed by atoms with Crippen molar-refractivity contribution in [3.63, 3.8) is 0 Å². The lowest BCUT2D eigenvalue weighted by Gasteiger charge is -2.15. The fourth-order valence-electron chi connectivity index (χ4n) is 3.65. The minimum Gasteiger partial charge on any atom is -0.494 e. The van der Waals surface area contributed by atoms with E-state index in [0.29, 0.717) is 6.61 Å². The van der Waals surface area contributed by atoms with Gasteiger partial charge in [0.05, 0.1) is 6.61 Å². The van der Waals surface area contributed by atoms with Crippen molar-refractivity contribution >= 4 is 11.9 Å². The highest BCUT2D eigenvalue weighted by atomic mass is 16.5. The molecule has 0 aliphatic heterocycles. The summed E-state index contributed by atoms with van der Waals surface area (Å²) in [5.41, 5.74) is 2.69. The number of carbonyl (C=O) groups is 2. The summed E-state index contributed by atoms with van der Waals surface area (Å²) in [7, 11) is 0. The summed E-state index contributed by atoms with van der Waals surface area (Å²) in [5.74, 6) is -0.413. The molecule has 0 radical (unpaired) electrons. The lowest BCUT2D eigenvalue weighted by atomic mass is 9.95. The van der Waals surface area contributed by atoms with Crippen molar-refractivity contribution in [1.82, 2.24) is 0 Å². The molecule has 0 amide bonds. The van der Waals surface area contributed by atoms with E-state index in [4.69, 9.17) is 14.9 Å². The molecule has 0 unspecified atom stereocenters. The van der Waals surface area contributed by atoms with E-state index in [1.54, 1.807) is 0 Å². The standard InChI is InChI=1S/C24H38O5/c1-2-29-22-17-13-15-20(14-9-5-3-7-11-18-23(25)26)21(22)16-10-6-4-8-12-19-24(27)28/h13,15,17H,2-12,14,16,18-19H2,1H3,(H,25,26)(H,27,28). The molecule has 0 heterocycles. The number of benzene rings is 1. The summed E-state index contributed by atoms with van der Waals surface area (Å²) in [6.07, 6.45) is 12.7. The molecule has 5 heteroatoms. The summed E-state index contributed by atoms with van der Waals surface area (Å²) < 4.78 is 5.86. The molecule has 0 atom stereocenters. The first kappa shape index (κ1) is 25.0. The number of ether oxygens (including phenoxy) is 1. The molecule has 2 N–H and O–H groups in total. The highest BCUT2D eigenvalue weighted by Crippen LogP contribution is 2.27. The number of hydrogen-bond donors (Lipinski definition) is 2. The Balaban J connectivity index is 2.41. The number of carboxylic acids is 2. The first-order chi connectivity index (χ1) is 14.0. The molecule has 164 valence electrons. The predicted molar refractivity (Wildman–Crippen MR) is 116 cm³/mol. The minimum atomic E-state index is -0.706. The first-order valence-electron chi connectivity index (χ1n) is 11.2. The Morgan fingerprint density at radius 3 is 1.83 bits per heavy atom. The van der Waals surface area contributed by atoms with E-state index in [2.05, 4.69) is 18.2 Å². The van der Waals surface area contributed by atoms with Gasteiger partial charge in [0, 0.05) is 12.8 Å². The molecule has 0 saturated carbocycles. The van der Waals surface area contributed by atoms with Gasteiger partial charge in [0.1, 0.15) is 5.75 Å². The second-order valence-electron chi connectivity index (χ2n) is 7.65. The molecule has 5 nitrogen and oxygen atoms in total. The number of rotatable bonds is 18. The van der Waals surface area contributed by atoms with Gasteiger partial charge >= 0.3 is 11.9 Å². The monoisotopic (exact) mass is 406 g/mol. The van der Waals surface area contributed by atoms with E-state index >= 15 is 0 Å². The Bertz CT molecular complexity index is 597. The van der Waals surface area contributed by atoms with Crippen LogP contribution in [0.4, 0.5) is 0 Å². The van der Waals surface area contributed by atoms with Crippen molar-refractivity contribution in [2.75, 3.05) is 6.61 Å². The summed E-state index contributed by atoms with van der Waals surface area (Å²) in [5, 5.41) is 17.4. The van der Waals surface area contributed by atoms with E-state index in [1.807, 2.05) is 6.92 Å². The second-order valence-corrected chi connectivity index (χ2v) is 7.65. The van der Waals surface area contributed by atoms with Crippen molar-refractivity contribution in [3.8, 4) is 5.75 Å². The Labute approximate surface area is 175 Å². The van der Waals surface area contributed by atoms with Crippen molar-refractivity contribution in [2.45, 2.75) is 96.8 Å². The first-order valence-corrected chi connectivity index (χ1v) is 11.2. The van der Waals surface area contributed by atoms with Gasteiger partial charge in [-0.15, -0.1) is 0 Å². The van der Waals surface area contributed by atoms with Crippen molar-refractivity contribution in [2.24, 2.45) is 0 Å². The lowest BCUT2D eigenvalue weighted by Crippen LogP contribution is -2.02. The van der Waals surface area contributed by atoms with Gasteiger partial charge in [0.15, 0.2) is 0 Å². The number of hydrogen-bond acceptors (Lipinski definition) is 3. The van der Waals surface area contributed by atoms with Crippen molar-refractivity contribution < 1.29 is 24.5 Å². The van der Waals surface area contributed by atoms with Gasteiger partial charge in [-0.2, -0.15) is 0 Å². The molecular formula is C24H38O5. The SMILES string of the molecule is CCOc1cccc(CCCCCCCC(=O)O)c1CCCCCCCC(=O)O. The molecule has 1 rings (SSSR count). The molecule has 29 heavy (non-hydrogen) atoms. The minimum absolute atomic E-state index is 0.271. The van der Waals surface area contributed by atoms with Crippen LogP contribution in [0.3, 0.4) is 0 Å². The normalized spacial score (nSPS) is 10.8. The number of carboxylic acid groups (broad SMARTS) is 2. The number of aryl methyl sites for hydroxylation is 1. The van der Waals surface area contributed by atoms with E-state index in [0.717, 1.165) is 82.8 Å². The molecule has 0 fully saturated rings. The third-order valence-electron chi connectivity index (χ3n) is 5.18. The maximum Gasteiger partial charge on any atom is 0.303 e.